The van der Waals surface area contributed by atoms with Crippen LogP contribution in [0.4, 0.5) is 10.8 Å². The van der Waals surface area contributed by atoms with Crippen molar-refractivity contribution in [2.75, 3.05) is 56.0 Å². The Kier molecular flexibility index (Phi) is 9.90. The first-order valence-electron chi connectivity index (χ1n) is 12.4. The fourth-order valence-corrected chi connectivity index (χ4v) is 6.93. The van der Waals surface area contributed by atoms with E-state index in [0.717, 1.165) is 47.8 Å². The van der Waals surface area contributed by atoms with Gasteiger partial charge in [0.05, 0.1) is 22.2 Å². The molecule has 0 bridgehead atoms. The Morgan fingerprint density at radius 1 is 1.05 bits per heavy atom. The van der Waals surface area contributed by atoms with E-state index in [2.05, 4.69) is 41.8 Å². The van der Waals surface area contributed by atoms with Crippen LogP contribution in [-0.2, 0) is 10.0 Å². The van der Waals surface area contributed by atoms with Crippen molar-refractivity contribution in [2.24, 2.45) is 0 Å². The molecule has 0 radical (unpaired) electrons. The van der Waals surface area contributed by atoms with Crippen LogP contribution in [0.25, 0.3) is 10.2 Å². The molecule has 1 saturated heterocycles. The number of halogens is 2. The molecule has 5 rings (SSSR count). The highest BCUT2D eigenvalue weighted by molar-refractivity contribution is 9.10. The number of anilines is 2. The quantitative estimate of drug-likeness (QED) is 0.264. The Morgan fingerprint density at radius 3 is 2.52 bits per heavy atom. The summed E-state index contributed by atoms with van der Waals surface area (Å²) in [6.07, 6.45) is 0. The Balaban J connectivity index is 0.00000370. The second kappa shape index (κ2) is 13.2. The fraction of sp³-hybridized carbons (Fsp3) is 0.259. The van der Waals surface area contributed by atoms with Gasteiger partial charge in [-0.15, -0.1) is 12.4 Å². The molecule has 0 spiro atoms. The molecule has 2 N–H and O–H groups in total. The number of hydrogen-bond acceptors (Lipinski definition) is 8. The average molecular weight is 667 g/mol. The molecule has 1 aliphatic rings. The van der Waals surface area contributed by atoms with Crippen molar-refractivity contribution in [1.82, 2.24) is 15.2 Å². The van der Waals surface area contributed by atoms with Gasteiger partial charge in [0.25, 0.3) is 15.9 Å². The highest BCUT2D eigenvalue weighted by Crippen LogP contribution is 2.31. The Morgan fingerprint density at radius 2 is 1.80 bits per heavy atom. The molecule has 13 heteroatoms. The van der Waals surface area contributed by atoms with E-state index in [-0.39, 0.29) is 23.2 Å². The minimum Gasteiger partial charge on any atom is -0.497 e. The number of rotatable bonds is 9. The summed E-state index contributed by atoms with van der Waals surface area (Å²) in [7, 11) is -2.28. The molecule has 1 fully saturated rings. The lowest BCUT2D eigenvalue weighted by Gasteiger charge is -2.34. The molecule has 0 aliphatic carbocycles. The van der Waals surface area contributed by atoms with Gasteiger partial charge < -0.3 is 15.0 Å². The van der Waals surface area contributed by atoms with Crippen molar-refractivity contribution in [3.8, 4) is 5.75 Å². The van der Waals surface area contributed by atoms with E-state index in [1.165, 1.54) is 30.0 Å². The van der Waals surface area contributed by atoms with Crippen LogP contribution in [0.2, 0.25) is 0 Å². The highest BCUT2D eigenvalue weighted by Gasteiger charge is 2.20. The summed E-state index contributed by atoms with van der Waals surface area (Å²) in [6, 6.07) is 18.7. The van der Waals surface area contributed by atoms with E-state index >= 15 is 0 Å². The molecule has 1 aromatic heterocycles. The van der Waals surface area contributed by atoms with Gasteiger partial charge >= 0.3 is 0 Å². The Labute approximate surface area is 252 Å². The third-order valence-corrected chi connectivity index (χ3v) is 9.41. The van der Waals surface area contributed by atoms with Gasteiger partial charge in [0, 0.05) is 55.0 Å². The van der Waals surface area contributed by atoms with Crippen LogP contribution in [0, 0.1) is 0 Å². The van der Waals surface area contributed by atoms with Crippen LogP contribution >= 0.6 is 39.7 Å². The summed E-state index contributed by atoms with van der Waals surface area (Å²) >= 11 is 5.22. The van der Waals surface area contributed by atoms with Crippen LogP contribution in [0.1, 0.15) is 10.4 Å². The standard InChI is InChI=1S/C27H28BrN5O4S2.ClH/c1-37-22-6-8-23(9-7-22)39(35,36)31-21-4-2-3-19(17-21)26(34)29-11-12-32-13-15-33(16-14-32)27-30-24-10-5-20(28)18-25(24)38-27;/h2-10,17-18,31H,11-16H2,1H3,(H,29,34);1H. The molecule has 0 unspecified atom stereocenters. The molecular formula is C27H29BrClN5O4S2. The fourth-order valence-electron chi connectivity index (χ4n) is 4.31. The van der Waals surface area contributed by atoms with Crippen LogP contribution in [0.3, 0.4) is 0 Å². The number of thiazole rings is 1. The SMILES string of the molecule is COc1ccc(S(=O)(=O)Nc2cccc(C(=O)NCCN3CCN(c4nc5ccc(Br)cc5s4)CC3)c2)cc1.Cl. The van der Waals surface area contributed by atoms with Crippen LogP contribution in [-0.4, -0.2) is 70.6 Å². The predicted octanol–water partition coefficient (Wildman–Crippen LogP) is 4.84. The van der Waals surface area contributed by atoms with Gasteiger partial charge in [-0.05, 0) is 60.7 Å². The average Bonchev–Trinajstić information content (AvgIpc) is 3.36. The van der Waals surface area contributed by atoms with E-state index < -0.39 is 10.0 Å². The van der Waals surface area contributed by atoms with E-state index in [0.29, 0.717) is 23.5 Å². The minimum absolute atomic E-state index is 0. The van der Waals surface area contributed by atoms with Gasteiger partial charge in [0.1, 0.15) is 5.75 Å². The summed E-state index contributed by atoms with van der Waals surface area (Å²) in [5.74, 6) is 0.316. The van der Waals surface area contributed by atoms with Gasteiger partial charge in [-0.25, -0.2) is 13.4 Å². The van der Waals surface area contributed by atoms with Crippen molar-refractivity contribution >= 4 is 76.6 Å². The third-order valence-electron chi connectivity index (χ3n) is 6.44. The van der Waals surface area contributed by atoms with Crippen molar-refractivity contribution in [1.29, 1.82) is 0 Å². The summed E-state index contributed by atoms with van der Waals surface area (Å²) in [4.78, 5) is 22.3. The number of fused-ring (bicyclic) bond motifs is 1. The zero-order valence-corrected chi connectivity index (χ0v) is 25.7. The first-order valence-corrected chi connectivity index (χ1v) is 15.5. The molecule has 0 atom stereocenters. The smallest absolute Gasteiger partial charge is 0.261 e. The van der Waals surface area contributed by atoms with E-state index in [9.17, 15) is 13.2 Å². The molecule has 40 heavy (non-hydrogen) atoms. The van der Waals surface area contributed by atoms with E-state index in [4.69, 9.17) is 9.72 Å². The lowest BCUT2D eigenvalue weighted by atomic mass is 10.2. The number of amides is 1. The van der Waals surface area contributed by atoms with Crippen LogP contribution < -0.4 is 19.7 Å². The zero-order valence-electron chi connectivity index (χ0n) is 21.7. The molecule has 3 aromatic carbocycles. The molecule has 0 saturated carbocycles. The molecule has 9 nitrogen and oxygen atoms in total. The first kappa shape index (κ1) is 30.1. The van der Waals surface area contributed by atoms with E-state index in [1.54, 1.807) is 41.7 Å². The summed E-state index contributed by atoms with van der Waals surface area (Å²) in [5, 5.41) is 3.99. The number of carbonyl (C=O) groups excluding carboxylic acids is 1. The van der Waals surface area contributed by atoms with Gasteiger partial charge in [-0.3, -0.25) is 14.4 Å². The number of piperazine rings is 1. The predicted molar refractivity (Wildman–Crippen MR) is 166 cm³/mol. The van der Waals surface area contributed by atoms with Gasteiger partial charge in [0.2, 0.25) is 0 Å². The molecule has 1 amide bonds. The molecule has 2 heterocycles. The Bertz CT molecular complexity index is 1580. The lowest BCUT2D eigenvalue weighted by molar-refractivity contribution is 0.0948. The monoisotopic (exact) mass is 665 g/mol. The number of carbonyl (C=O) groups is 1. The number of hydrogen-bond donors (Lipinski definition) is 2. The van der Waals surface area contributed by atoms with Crippen molar-refractivity contribution in [2.45, 2.75) is 4.90 Å². The first-order chi connectivity index (χ1) is 18.8. The summed E-state index contributed by atoms with van der Waals surface area (Å²) < 4.78 is 35.3. The number of methoxy groups -OCH3 is 1. The molecular weight excluding hydrogens is 638 g/mol. The second-order valence-corrected chi connectivity index (χ2v) is 12.7. The van der Waals surface area contributed by atoms with E-state index in [1.807, 2.05) is 12.1 Å². The summed E-state index contributed by atoms with van der Waals surface area (Å²) in [5.41, 5.74) is 1.72. The number of ether oxygens (including phenoxy) is 1. The van der Waals surface area contributed by atoms with Gasteiger partial charge in [-0.1, -0.05) is 33.3 Å². The van der Waals surface area contributed by atoms with Crippen molar-refractivity contribution < 1.29 is 17.9 Å². The Hall–Kier alpha value is -2.90. The zero-order chi connectivity index (χ0) is 27.4. The number of nitrogens with one attached hydrogen (secondary N) is 2. The van der Waals surface area contributed by atoms with Gasteiger partial charge in [0.15, 0.2) is 5.13 Å². The number of aromatic nitrogens is 1. The second-order valence-electron chi connectivity index (χ2n) is 9.05. The topological polar surface area (TPSA) is 104 Å². The number of sulfonamides is 1. The largest absolute Gasteiger partial charge is 0.497 e. The summed E-state index contributed by atoms with van der Waals surface area (Å²) in [6.45, 7) is 4.76. The van der Waals surface area contributed by atoms with Gasteiger partial charge in [-0.2, -0.15) is 0 Å². The molecule has 1 aliphatic heterocycles. The normalized spacial score (nSPS) is 14.0. The third kappa shape index (κ3) is 7.24. The van der Waals surface area contributed by atoms with Crippen LogP contribution in [0.5, 0.6) is 5.75 Å². The molecule has 4 aromatic rings. The maximum atomic E-state index is 12.8. The van der Waals surface area contributed by atoms with Crippen molar-refractivity contribution in [3.05, 3.63) is 76.8 Å². The van der Waals surface area contributed by atoms with Crippen molar-refractivity contribution in [3.63, 3.8) is 0 Å². The highest BCUT2D eigenvalue weighted by atomic mass is 79.9. The number of nitrogens with zero attached hydrogens (tertiary/aromatic N) is 3. The molecule has 212 valence electrons. The number of benzene rings is 3. The lowest BCUT2D eigenvalue weighted by Crippen LogP contribution is -2.48. The van der Waals surface area contributed by atoms with Crippen LogP contribution in [0.15, 0.2) is 76.1 Å². The maximum absolute atomic E-state index is 12.8. The minimum atomic E-state index is -3.80. The maximum Gasteiger partial charge on any atom is 0.261 e.